The zero-order valence-corrected chi connectivity index (χ0v) is 9.76. The first-order valence-corrected chi connectivity index (χ1v) is 5.46. The molecule has 2 N–H and O–H groups in total. The molecule has 1 aromatic rings. The second-order valence-electron chi connectivity index (χ2n) is 3.40. The molecule has 13 heavy (non-hydrogen) atoms. The number of rotatable bonds is 3. The monoisotopic (exact) mass is 241 g/mol. The van der Waals surface area contributed by atoms with Crippen LogP contribution in [0.5, 0.6) is 0 Å². The van der Waals surface area contributed by atoms with Gasteiger partial charge in [0.2, 0.25) is 0 Å². The van der Waals surface area contributed by atoms with Crippen LogP contribution in [0.4, 0.5) is 0 Å². The van der Waals surface area contributed by atoms with Gasteiger partial charge in [0, 0.05) is 10.5 Å². The molecule has 1 unspecified atom stereocenters. The van der Waals surface area contributed by atoms with Gasteiger partial charge in [0.25, 0.3) is 0 Å². The first-order chi connectivity index (χ1) is 6.15. The SMILES string of the molecule is CCCC(N)c1ccc(C)c(Br)c1. The van der Waals surface area contributed by atoms with Crippen molar-refractivity contribution in [2.75, 3.05) is 0 Å². The van der Waals surface area contributed by atoms with E-state index in [2.05, 4.69) is 48.0 Å². The Morgan fingerprint density at radius 1 is 1.46 bits per heavy atom. The van der Waals surface area contributed by atoms with E-state index < -0.39 is 0 Å². The molecule has 0 saturated carbocycles. The van der Waals surface area contributed by atoms with Crippen LogP contribution in [0.15, 0.2) is 22.7 Å². The molecule has 0 amide bonds. The fraction of sp³-hybridized carbons (Fsp3) is 0.455. The zero-order chi connectivity index (χ0) is 9.84. The Morgan fingerprint density at radius 3 is 2.69 bits per heavy atom. The molecule has 0 fully saturated rings. The molecule has 0 spiro atoms. The Kier molecular flexibility index (Phi) is 3.94. The van der Waals surface area contributed by atoms with Crippen molar-refractivity contribution in [2.24, 2.45) is 5.73 Å². The number of halogens is 1. The fourth-order valence-electron chi connectivity index (χ4n) is 1.32. The van der Waals surface area contributed by atoms with Crippen LogP contribution < -0.4 is 5.73 Å². The van der Waals surface area contributed by atoms with E-state index in [1.54, 1.807) is 0 Å². The van der Waals surface area contributed by atoms with E-state index in [-0.39, 0.29) is 6.04 Å². The molecular formula is C11H16BrN. The third-order valence-electron chi connectivity index (χ3n) is 2.22. The van der Waals surface area contributed by atoms with Crippen LogP contribution in [-0.2, 0) is 0 Å². The second-order valence-corrected chi connectivity index (χ2v) is 4.26. The van der Waals surface area contributed by atoms with E-state index in [0.717, 1.165) is 17.3 Å². The fourth-order valence-corrected chi connectivity index (χ4v) is 1.71. The van der Waals surface area contributed by atoms with Crippen LogP contribution in [0.3, 0.4) is 0 Å². The van der Waals surface area contributed by atoms with Crippen LogP contribution >= 0.6 is 15.9 Å². The van der Waals surface area contributed by atoms with Gasteiger partial charge in [-0.05, 0) is 30.5 Å². The summed E-state index contributed by atoms with van der Waals surface area (Å²) >= 11 is 3.51. The van der Waals surface area contributed by atoms with E-state index in [1.807, 2.05) is 0 Å². The van der Waals surface area contributed by atoms with Crippen LogP contribution in [0.1, 0.15) is 36.9 Å². The topological polar surface area (TPSA) is 26.0 Å². The molecule has 0 heterocycles. The minimum Gasteiger partial charge on any atom is -0.324 e. The average molecular weight is 242 g/mol. The van der Waals surface area contributed by atoms with Crippen molar-refractivity contribution >= 4 is 15.9 Å². The Hall–Kier alpha value is -0.340. The Morgan fingerprint density at radius 2 is 2.15 bits per heavy atom. The van der Waals surface area contributed by atoms with Gasteiger partial charge in [-0.3, -0.25) is 0 Å². The smallest absolute Gasteiger partial charge is 0.0295 e. The van der Waals surface area contributed by atoms with E-state index >= 15 is 0 Å². The molecule has 0 aliphatic carbocycles. The molecule has 1 aromatic carbocycles. The first kappa shape index (κ1) is 10.7. The van der Waals surface area contributed by atoms with E-state index in [9.17, 15) is 0 Å². The minimum atomic E-state index is 0.182. The standard InChI is InChI=1S/C11H16BrN/c1-3-4-11(13)9-6-5-8(2)10(12)7-9/h5-7,11H,3-4,13H2,1-2H3. The molecule has 0 aromatic heterocycles. The zero-order valence-electron chi connectivity index (χ0n) is 8.18. The van der Waals surface area contributed by atoms with Gasteiger partial charge in [-0.1, -0.05) is 41.4 Å². The third-order valence-corrected chi connectivity index (χ3v) is 3.08. The lowest BCUT2D eigenvalue weighted by atomic mass is 10.0. The van der Waals surface area contributed by atoms with Gasteiger partial charge in [-0.25, -0.2) is 0 Å². The largest absolute Gasteiger partial charge is 0.324 e. The van der Waals surface area contributed by atoms with Gasteiger partial charge in [-0.15, -0.1) is 0 Å². The van der Waals surface area contributed by atoms with Crippen LogP contribution in [0, 0.1) is 6.92 Å². The summed E-state index contributed by atoms with van der Waals surface area (Å²) in [6.07, 6.45) is 2.18. The molecule has 1 atom stereocenters. The highest BCUT2D eigenvalue weighted by Crippen LogP contribution is 2.22. The van der Waals surface area contributed by atoms with Crippen molar-refractivity contribution in [1.29, 1.82) is 0 Å². The summed E-state index contributed by atoms with van der Waals surface area (Å²) in [5.41, 5.74) is 8.48. The molecule has 1 rings (SSSR count). The molecule has 0 saturated heterocycles. The van der Waals surface area contributed by atoms with Gasteiger partial charge in [0.05, 0.1) is 0 Å². The molecule has 1 nitrogen and oxygen atoms in total. The number of aryl methyl sites for hydroxylation is 1. The molecule has 72 valence electrons. The summed E-state index contributed by atoms with van der Waals surface area (Å²) in [7, 11) is 0. The van der Waals surface area contributed by atoms with Gasteiger partial charge >= 0.3 is 0 Å². The normalized spacial score (nSPS) is 12.9. The van der Waals surface area contributed by atoms with E-state index in [0.29, 0.717) is 0 Å². The van der Waals surface area contributed by atoms with Gasteiger partial charge in [0.1, 0.15) is 0 Å². The first-order valence-electron chi connectivity index (χ1n) is 4.66. The van der Waals surface area contributed by atoms with Crippen LogP contribution in [0.25, 0.3) is 0 Å². The quantitative estimate of drug-likeness (QED) is 0.861. The molecule has 0 aliphatic rings. The van der Waals surface area contributed by atoms with Crippen molar-refractivity contribution in [3.8, 4) is 0 Å². The Balaban J connectivity index is 2.84. The van der Waals surface area contributed by atoms with E-state index in [4.69, 9.17) is 5.73 Å². The molecule has 0 aliphatic heterocycles. The van der Waals surface area contributed by atoms with Crippen molar-refractivity contribution < 1.29 is 0 Å². The van der Waals surface area contributed by atoms with Gasteiger partial charge < -0.3 is 5.73 Å². The second kappa shape index (κ2) is 4.77. The highest BCUT2D eigenvalue weighted by atomic mass is 79.9. The van der Waals surface area contributed by atoms with Gasteiger partial charge in [-0.2, -0.15) is 0 Å². The predicted octanol–water partition coefficient (Wildman–Crippen LogP) is 3.56. The molecule has 2 heteroatoms. The number of hydrogen-bond donors (Lipinski definition) is 1. The van der Waals surface area contributed by atoms with Crippen molar-refractivity contribution in [3.63, 3.8) is 0 Å². The summed E-state index contributed by atoms with van der Waals surface area (Å²) in [5.74, 6) is 0. The summed E-state index contributed by atoms with van der Waals surface area (Å²) < 4.78 is 1.15. The summed E-state index contributed by atoms with van der Waals surface area (Å²) in [6.45, 7) is 4.24. The van der Waals surface area contributed by atoms with Crippen molar-refractivity contribution in [1.82, 2.24) is 0 Å². The highest BCUT2D eigenvalue weighted by Gasteiger charge is 2.05. The van der Waals surface area contributed by atoms with Crippen molar-refractivity contribution in [2.45, 2.75) is 32.7 Å². The predicted molar refractivity (Wildman–Crippen MR) is 60.7 cm³/mol. The summed E-state index contributed by atoms with van der Waals surface area (Å²) in [4.78, 5) is 0. The highest BCUT2D eigenvalue weighted by molar-refractivity contribution is 9.10. The maximum absolute atomic E-state index is 6.00. The Bertz CT molecular complexity index is 283. The van der Waals surface area contributed by atoms with Crippen LogP contribution in [-0.4, -0.2) is 0 Å². The lowest BCUT2D eigenvalue weighted by Gasteiger charge is -2.11. The van der Waals surface area contributed by atoms with Crippen LogP contribution in [0.2, 0.25) is 0 Å². The Labute approximate surface area is 88.5 Å². The average Bonchev–Trinajstić information content (AvgIpc) is 2.10. The number of hydrogen-bond acceptors (Lipinski definition) is 1. The third kappa shape index (κ3) is 2.82. The molecule has 0 radical (unpaired) electrons. The maximum atomic E-state index is 6.00. The minimum absolute atomic E-state index is 0.182. The van der Waals surface area contributed by atoms with Crippen molar-refractivity contribution in [3.05, 3.63) is 33.8 Å². The number of benzene rings is 1. The molecule has 0 bridgehead atoms. The lowest BCUT2D eigenvalue weighted by Crippen LogP contribution is -2.09. The molecular weight excluding hydrogens is 226 g/mol. The van der Waals surface area contributed by atoms with Gasteiger partial charge in [0.15, 0.2) is 0 Å². The van der Waals surface area contributed by atoms with E-state index in [1.165, 1.54) is 11.1 Å². The summed E-state index contributed by atoms with van der Waals surface area (Å²) in [5, 5.41) is 0. The summed E-state index contributed by atoms with van der Waals surface area (Å²) in [6, 6.07) is 6.52. The lowest BCUT2D eigenvalue weighted by molar-refractivity contribution is 0.638. The maximum Gasteiger partial charge on any atom is 0.0295 e. The number of nitrogens with two attached hydrogens (primary N) is 1.